The van der Waals surface area contributed by atoms with Crippen LogP contribution in [0.2, 0.25) is 0 Å². The second-order valence-corrected chi connectivity index (χ2v) is 8.19. The van der Waals surface area contributed by atoms with Crippen molar-refractivity contribution in [1.82, 2.24) is 15.5 Å². The van der Waals surface area contributed by atoms with Gasteiger partial charge in [0, 0.05) is 38.1 Å². The summed E-state index contributed by atoms with van der Waals surface area (Å²) in [6.07, 6.45) is 1.93. The molecule has 3 N–H and O–H groups in total. The lowest BCUT2D eigenvalue weighted by Gasteiger charge is -2.33. The van der Waals surface area contributed by atoms with E-state index in [1.54, 1.807) is 6.07 Å². The lowest BCUT2D eigenvalue weighted by atomic mass is 9.95. The maximum Gasteiger partial charge on any atom is 0.191 e. The molecule has 1 unspecified atom stereocenters. The Hall–Kier alpha value is -0.970. The summed E-state index contributed by atoms with van der Waals surface area (Å²) in [5.41, 5.74) is -0.293. The number of aliphatic imine (C=N–C) groups is 1. The van der Waals surface area contributed by atoms with E-state index >= 15 is 0 Å². The molecule has 1 aliphatic carbocycles. The van der Waals surface area contributed by atoms with Crippen LogP contribution in [-0.4, -0.2) is 74.0 Å². The number of nitrogens with zero attached hydrogens (tertiary/aromatic N) is 2. The van der Waals surface area contributed by atoms with Gasteiger partial charge in [0.1, 0.15) is 5.82 Å². The van der Waals surface area contributed by atoms with Crippen molar-refractivity contribution in [3.8, 4) is 0 Å². The third-order valence-corrected chi connectivity index (χ3v) is 5.48. The monoisotopic (exact) mass is 520 g/mol. The van der Waals surface area contributed by atoms with Gasteiger partial charge in [0.2, 0.25) is 0 Å². The van der Waals surface area contributed by atoms with E-state index in [1.807, 2.05) is 26.0 Å². The third-order valence-electron chi connectivity index (χ3n) is 5.48. The van der Waals surface area contributed by atoms with Crippen LogP contribution in [0.25, 0.3) is 0 Å². The highest BCUT2D eigenvalue weighted by molar-refractivity contribution is 14.0. The highest BCUT2D eigenvalue weighted by atomic mass is 127. The van der Waals surface area contributed by atoms with E-state index in [0.717, 1.165) is 38.0 Å². The highest BCUT2D eigenvalue weighted by Gasteiger charge is 2.45. The van der Waals surface area contributed by atoms with Gasteiger partial charge in [-0.15, -0.1) is 24.0 Å². The number of nitrogens with one attached hydrogen (secondary N) is 2. The molecule has 0 aromatic heterocycles. The van der Waals surface area contributed by atoms with Crippen LogP contribution in [0.4, 0.5) is 4.39 Å². The predicted molar refractivity (Wildman–Crippen MR) is 125 cm³/mol. The average Bonchev–Trinajstić information content (AvgIpc) is 3.46. The predicted octanol–water partition coefficient (Wildman–Crippen LogP) is 2.11. The Labute approximate surface area is 190 Å². The molecule has 1 saturated heterocycles. The van der Waals surface area contributed by atoms with Crippen LogP contribution in [0.1, 0.15) is 32.3 Å². The number of rotatable bonds is 8. The fraction of sp³-hybridized carbons (Fsp3) is 0.667. The topological polar surface area (TPSA) is 69.1 Å². The van der Waals surface area contributed by atoms with Crippen molar-refractivity contribution in [2.45, 2.75) is 37.7 Å². The molecule has 0 spiro atoms. The van der Waals surface area contributed by atoms with Gasteiger partial charge in [-0.1, -0.05) is 18.2 Å². The van der Waals surface area contributed by atoms with Gasteiger partial charge in [-0.25, -0.2) is 4.39 Å². The lowest BCUT2D eigenvalue weighted by molar-refractivity contribution is -0.0179. The Bertz CT molecular complexity index is 676. The standard InChI is InChI=1S/C21H33FN4O2.HI/c1-3-23-19(24-14-20(2,27)16-26-10-12-28-13-11-26)25-15-21(8-9-21)17-6-4-5-7-18(17)22;/h4-7,27H,3,8-16H2,1-2H3,(H2,23,24,25);1H. The molecular formula is C21H34FIN4O2. The van der Waals surface area contributed by atoms with Gasteiger partial charge in [-0.3, -0.25) is 9.89 Å². The van der Waals surface area contributed by atoms with E-state index in [1.165, 1.54) is 6.07 Å². The number of halogens is 2. The zero-order valence-electron chi connectivity index (χ0n) is 17.4. The van der Waals surface area contributed by atoms with Crippen molar-refractivity contribution < 1.29 is 14.2 Å². The average molecular weight is 520 g/mol. The molecule has 1 atom stereocenters. The maximum absolute atomic E-state index is 14.2. The van der Waals surface area contributed by atoms with Gasteiger partial charge in [-0.05, 0) is 38.3 Å². The van der Waals surface area contributed by atoms with Crippen molar-refractivity contribution >= 4 is 29.9 Å². The van der Waals surface area contributed by atoms with Crippen LogP contribution in [0.15, 0.2) is 29.3 Å². The first-order valence-corrected chi connectivity index (χ1v) is 10.2. The molecule has 2 fully saturated rings. The quantitative estimate of drug-likeness (QED) is 0.279. The Morgan fingerprint density at radius 2 is 1.97 bits per heavy atom. The Morgan fingerprint density at radius 3 is 2.59 bits per heavy atom. The van der Waals surface area contributed by atoms with Crippen molar-refractivity contribution in [2.24, 2.45) is 4.99 Å². The van der Waals surface area contributed by atoms with Gasteiger partial charge >= 0.3 is 0 Å². The second kappa shape index (κ2) is 10.9. The van der Waals surface area contributed by atoms with E-state index in [4.69, 9.17) is 4.74 Å². The Morgan fingerprint density at radius 1 is 1.28 bits per heavy atom. The fourth-order valence-electron chi connectivity index (χ4n) is 3.72. The molecule has 0 bridgehead atoms. The van der Waals surface area contributed by atoms with Gasteiger partial charge in [0.05, 0.1) is 25.4 Å². The molecule has 1 aromatic carbocycles. The van der Waals surface area contributed by atoms with Crippen LogP contribution in [0.3, 0.4) is 0 Å². The molecule has 3 rings (SSSR count). The van der Waals surface area contributed by atoms with E-state index in [0.29, 0.717) is 38.8 Å². The molecule has 164 valence electrons. The van der Waals surface area contributed by atoms with Crippen LogP contribution in [0.5, 0.6) is 0 Å². The molecule has 8 heteroatoms. The molecule has 1 heterocycles. The summed E-state index contributed by atoms with van der Waals surface area (Å²) in [4.78, 5) is 6.80. The number of benzene rings is 1. The van der Waals surface area contributed by atoms with Crippen molar-refractivity contribution in [2.75, 3.05) is 52.5 Å². The number of morpholine rings is 1. The Kier molecular flexibility index (Phi) is 9.12. The number of hydrogen-bond acceptors (Lipinski definition) is 4. The minimum Gasteiger partial charge on any atom is -0.387 e. The van der Waals surface area contributed by atoms with Gasteiger partial charge < -0.3 is 20.5 Å². The summed E-state index contributed by atoms with van der Waals surface area (Å²) >= 11 is 0. The van der Waals surface area contributed by atoms with Gasteiger partial charge in [0.25, 0.3) is 0 Å². The van der Waals surface area contributed by atoms with E-state index in [-0.39, 0.29) is 35.2 Å². The van der Waals surface area contributed by atoms with E-state index < -0.39 is 5.60 Å². The lowest BCUT2D eigenvalue weighted by Crippen LogP contribution is -2.48. The number of aliphatic hydroxyl groups is 1. The van der Waals surface area contributed by atoms with Gasteiger partial charge in [-0.2, -0.15) is 0 Å². The zero-order chi connectivity index (χ0) is 20.0. The summed E-state index contributed by atoms with van der Waals surface area (Å²) < 4.78 is 19.6. The SMILES string of the molecule is CCNC(=NCC(C)(O)CN1CCOCC1)NCC1(c2ccccc2F)CC1.I. The van der Waals surface area contributed by atoms with Crippen LogP contribution >= 0.6 is 24.0 Å². The molecule has 0 radical (unpaired) electrons. The summed E-state index contributed by atoms with van der Waals surface area (Å²) in [5, 5.41) is 17.3. The molecular weight excluding hydrogens is 486 g/mol. The molecule has 1 aromatic rings. The summed E-state index contributed by atoms with van der Waals surface area (Å²) in [6.45, 7) is 9.14. The smallest absolute Gasteiger partial charge is 0.191 e. The molecule has 1 aliphatic heterocycles. The molecule has 0 amide bonds. The molecule has 29 heavy (non-hydrogen) atoms. The highest BCUT2D eigenvalue weighted by Crippen LogP contribution is 2.48. The number of ether oxygens (including phenoxy) is 1. The van der Waals surface area contributed by atoms with Gasteiger partial charge in [0.15, 0.2) is 5.96 Å². The van der Waals surface area contributed by atoms with Crippen molar-refractivity contribution in [1.29, 1.82) is 0 Å². The molecule has 6 nitrogen and oxygen atoms in total. The minimum atomic E-state index is -0.914. The number of guanidine groups is 1. The largest absolute Gasteiger partial charge is 0.387 e. The van der Waals surface area contributed by atoms with Crippen LogP contribution in [0, 0.1) is 5.82 Å². The first-order chi connectivity index (χ1) is 13.4. The molecule has 1 saturated carbocycles. The number of hydrogen-bond donors (Lipinski definition) is 3. The first-order valence-electron chi connectivity index (χ1n) is 10.2. The second-order valence-electron chi connectivity index (χ2n) is 8.19. The van der Waals surface area contributed by atoms with Crippen LogP contribution in [-0.2, 0) is 10.2 Å². The Balaban J connectivity index is 0.00000300. The normalized spacial score (nSPS) is 21.0. The minimum absolute atomic E-state index is 0. The molecule has 2 aliphatic rings. The van der Waals surface area contributed by atoms with E-state index in [2.05, 4.69) is 20.5 Å². The summed E-state index contributed by atoms with van der Waals surface area (Å²) in [6, 6.07) is 7.02. The number of β-amino-alcohol motifs (C(OH)–C–C–N with tert-alkyl or cyclic N) is 1. The summed E-state index contributed by atoms with van der Waals surface area (Å²) in [7, 11) is 0. The van der Waals surface area contributed by atoms with Crippen molar-refractivity contribution in [3.05, 3.63) is 35.6 Å². The summed E-state index contributed by atoms with van der Waals surface area (Å²) in [5.74, 6) is 0.518. The maximum atomic E-state index is 14.2. The van der Waals surface area contributed by atoms with Crippen molar-refractivity contribution in [3.63, 3.8) is 0 Å². The third kappa shape index (κ3) is 7.04. The fourth-order valence-corrected chi connectivity index (χ4v) is 3.72. The van der Waals surface area contributed by atoms with Crippen LogP contribution < -0.4 is 10.6 Å². The van der Waals surface area contributed by atoms with E-state index in [9.17, 15) is 9.50 Å². The first kappa shape index (κ1) is 24.3. The zero-order valence-corrected chi connectivity index (χ0v) is 19.7.